The van der Waals surface area contributed by atoms with Crippen LogP contribution in [0.25, 0.3) is 0 Å². The summed E-state index contributed by atoms with van der Waals surface area (Å²) in [5.74, 6) is -0.134. The van der Waals surface area contributed by atoms with Gasteiger partial charge in [-0.3, -0.25) is 4.31 Å². The summed E-state index contributed by atoms with van der Waals surface area (Å²) < 4.78 is 46.7. The summed E-state index contributed by atoms with van der Waals surface area (Å²) in [6.07, 6.45) is 0.523. The summed E-state index contributed by atoms with van der Waals surface area (Å²) in [5, 5.41) is 0. The Balaban J connectivity index is 2.06. The van der Waals surface area contributed by atoms with Crippen LogP contribution >= 0.6 is 0 Å². The number of morpholine rings is 1. The van der Waals surface area contributed by atoms with Crippen molar-refractivity contribution in [1.29, 1.82) is 0 Å². The van der Waals surface area contributed by atoms with E-state index in [1.165, 1.54) is 24.5 Å². The number of fused-ring (bicyclic) bond motifs is 1. The lowest BCUT2D eigenvalue weighted by Gasteiger charge is -2.35. The Kier molecular flexibility index (Phi) is 4.19. The molecule has 0 amide bonds. The molecule has 23 heavy (non-hydrogen) atoms. The summed E-state index contributed by atoms with van der Waals surface area (Å²) in [5.41, 5.74) is 1.17. The first-order valence-electron chi connectivity index (χ1n) is 7.56. The molecule has 3 heterocycles. The van der Waals surface area contributed by atoms with Gasteiger partial charge in [0, 0.05) is 38.8 Å². The van der Waals surface area contributed by atoms with Crippen molar-refractivity contribution < 1.29 is 17.5 Å². The summed E-state index contributed by atoms with van der Waals surface area (Å²) in [6, 6.07) is 1.28. The lowest BCUT2D eigenvalue weighted by Crippen LogP contribution is -2.44. The molecular weight excluding hydrogens is 323 g/mol. The first kappa shape index (κ1) is 16.4. The standard InChI is InChI=1S/C14H21FN4O3S/c1-10-9-22-7-6-18(10)14-11-4-5-19(23(20,21)17(2)3)12(11)8-13(15)16-14/h8,10H,4-7,9H2,1-3H3/t10-/m1/s1. The Labute approximate surface area is 135 Å². The van der Waals surface area contributed by atoms with E-state index in [0.717, 1.165) is 9.87 Å². The fourth-order valence-electron chi connectivity index (χ4n) is 3.03. The molecule has 7 nitrogen and oxygen atoms in total. The third kappa shape index (κ3) is 2.77. The first-order chi connectivity index (χ1) is 10.8. The van der Waals surface area contributed by atoms with Crippen molar-refractivity contribution in [2.45, 2.75) is 19.4 Å². The zero-order chi connectivity index (χ0) is 16.8. The SMILES string of the molecule is C[C@@H]1COCCN1c1nc(F)cc2c1CCN2S(=O)(=O)N(C)C. The number of ether oxygens (including phenoxy) is 1. The molecule has 0 radical (unpaired) electrons. The molecule has 1 atom stereocenters. The monoisotopic (exact) mass is 344 g/mol. The maximum absolute atomic E-state index is 14.1. The van der Waals surface area contributed by atoms with Gasteiger partial charge in [-0.25, -0.2) is 4.98 Å². The number of pyridine rings is 1. The molecular formula is C14H21FN4O3S. The summed E-state index contributed by atoms with van der Waals surface area (Å²) in [4.78, 5) is 6.05. The highest BCUT2D eigenvalue weighted by atomic mass is 32.2. The van der Waals surface area contributed by atoms with Crippen LogP contribution in [0.4, 0.5) is 15.9 Å². The highest BCUT2D eigenvalue weighted by Crippen LogP contribution is 2.37. The Bertz CT molecular complexity index is 710. The molecule has 0 spiro atoms. The molecule has 128 valence electrons. The minimum atomic E-state index is -3.64. The Morgan fingerprint density at radius 2 is 2.13 bits per heavy atom. The normalized spacial score (nSPS) is 21.9. The van der Waals surface area contributed by atoms with Gasteiger partial charge in [0.05, 0.1) is 24.9 Å². The second-order valence-electron chi connectivity index (χ2n) is 6.00. The number of nitrogens with zero attached hydrogens (tertiary/aromatic N) is 4. The van der Waals surface area contributed by atoms with Crippen LogP contribution in [-0.2, 0) is 21.4 Å². The molecule has 1 saturated heterocycles. The topological polar surface area (TPSA) is 66.0 Å². The van der Waals surface area contributed by atoms with E-state index in [4.69, 9.17) is 4.74 Å². The largest absolute Gasteiger partial charge is 0.377 e. The molecule has 0 N–H and O–H groups in total. The maximum atomic E-state index is 14.1. The van der Waals surface area contributed by atoms with Crippen molar-refractivity contribution >= 4 is 21.7 Å². The van der Waals surface area contributed by atoms with Crippen LogP contribution in [0.3, 0.4) is 0 Å². The molecule has 0 unspecified atom stereocenters. The van der Waals surface area contributed by atoms with Gasteiger partial charge in [0.25, 0.3) is 0 Å². The zero-order valence-electron chi connectivity index (χ0n) is 13.5. The lowest BCUT2D eigenvalue weighted by atomic mass is 10.1. The number of hydrogen-bond acceptors (Lipinski definition) is 5. The van der Waals surface area contributed by atoms with Gasteiger partial charge < -0.3 is 9.64 Å². The van der Waals surface area contributed by atoms with Crippen LogP contribution in [0.5, 0.6) is 0 Å². The molecule has 1 aromatic rings. The van der Waals surface area contributed by atoms with E-state index < -0.39 is 16.2 Å². The van der Waals surface area contributed by atoms with E-state index in [0.29, 0.717) is 44.2 Å². The highest BCUT2D eigenvalue weighted by Gasteiger charge is 2.35. The van der Waals surface area contributed by atoms with E-state index in [9.17, 15) is 12.8 Å². The summed E-state index contributed by atoms with van der Waals surface area (Å²) >= 11 is 0. The fraction of sp³-hybridized carbons (Fsp3) is 0.643. The molecule has 0 aliphatic carbocycles. The molecule has 0 aromatic carbocycles. The van der Waals surface area contributed by atoms with E-state index in [2.05, 4.69) is 4.98 Å². The third-order valence-electron chi connectivity index (χ3n) is 4.26. The molecule has 1 aromatic heterocycles. The van der Waals surface area contributed by atoms with Gasteiger partial charge in [0.1, 0.15) is 5.82 Å². The van der Waals surface area contributed by atoms with Crippen molar-refractivity contribution in [1.82, 2.24) is 9.29 Å². The number of halogens is 1. The van der Waals surface area contributed by atoms with Crippen molar-refractivity contribution in [3.05, 3.63) is 17.6 Å². The zero-order valence-corrected chi connectivity index (χ0v) is 14.3. The minimum Gasteiger partial charge on any atom is -0.377 e. The lowest BCUT2D eigenvalue weighted by molar-refractivity contribution is 0.0984. The average molecular weight is 344 g/mol. The predicted molar refractivity (Wildman–Crippen MR) is 85.5 cm³/mol. The van der Waals surface area contributed by atoms with Crippen LogP contribution < -0.4 is 9.21 Å². The minimum absolute atomic E-state index is 0.0710. The smallest absolute Gasteiger partial charge is 0.303 e. The summed E-state index contributed by atoms with van der Waals surface area (Å²) in [7, 11) is -0.703. The van der Waals surface area contributed by atoms with E-state index >= 15 is 0 Å². The van der Waals surface area contributed by atoms with Gasteiger partial charge >= 0.3 is 10.2 Å². The third-order valence-corrected chi connectivity index (χ3v) is 6.12. The molecule has 9 heteroatoms. The van der Waals surface area contributed by atoms with Crippen LogP contribution in [0.2, 0.25) is 0 Å². The Morgan fingerprint density at radius 3 is 2.78 bits per heavy atom. The quantitative estimate of drug-likeness (QED) is 0.752. The van der Waals surface area contributed by atoms with Gasteiger partial charge in [0.2, 0.25) is 5.95 Å². The molecule has 0 bridgehead atoms. The molecule has 3 rings (SSSR count). The van der Waals surface area contributed by atoms with Crippen LogP contribution in [0.15, 0.2) is 6.07 Å². The maximum Gasteiger partial charge on any atom is 0.303 e. The van der Waals surface area contributed by atoms with Crippen LogP contribution in [-0.4, -0.2) is 64.1 Å². The Morgan fingerprint density at radius 1 is 1.39 bits per heavy atom. The second kappa shape index (κ2) is 5.88. The van der Waals surface area contributed by atoms with E-state index in [1.54, 1.807) is 0 Å². The number of anilines is 2. The van der Waals surface area contributed by atoms with Crippen molar-refractivity contribution in [2.75, 3.05) is 49.6 Å². The van der Waals surface area contributed by atoms with Gasteiger partial charge in [-0.2, -0.15) is 17.1 Å². The Hall–Kier alpha value is -1.45. The second-order valence-corrected chi connectivity index (χ2v) is 8.06. The van der Waals surface area contributed by atoms with E-state index in [1.807, 2.05) is 11.8 Å². The average Bonchev–Trinajstić information content (AvgIpc) is 2.91. The summed E-state index contributed by atoms with van der Waals surface area (Å²) in [6.45, 7) is 4.00. The van der Waals surface area contributed by atoms with Gasteiger partial charge in [-0.1, -0.05) is 0 Å². The fourth-order valence-corrected chi connectivity index (χ4v) is 4.16. The number of rotatable bonds is 3. The number of hydrogen-bond donors (Lipinski definition) is 0. The van der Waals surface area contributed by atoms with Crippen molar-refractivity contribution in [3.8, 4) is 0 Å². The van der Waals surface area contributed by atoms with Crippen LogP contribution in [0.1, 0.15) is 12.5 Å². The first-order valence-corrected chi connectivity index (χ1v) is 8.96. The van der Waals surface area contributed by atoms with Gasteiger partial charge in [-0.15, -0.1) is 0 Å². The van der Waals surface area contributed by atoms with Crippen molar-refractivity contribution in [2.24, 2.45) is 0 Å². The van der Waals surface area contributed by atoms with Gasteiger partial charge in [-0.05, 0) is 13.3 Å². The van der Waals surface area contributed by atoms with Gasteiger partial charge in [0.15, 0.2) is 0 Å². The van der Waals surface area contributed by atoms with Crippen molar-refractivity contribution in [3.63, 3.8) is 0 Å². The number of aromatic nitrogens is 1. The predicted octanol–water partition coefficient (Wildman–Crippen LogP) is 0.615. The van der Waals surface area contributed by atoms with Crippen LogP contribution in [0, 0.1) is 5.95 Å². The molecule has 2 aliphatic rings. The molecule has 1 fully saturated rings. The highest BCUT2D eigenvalue weighted by molar-refractivity contribution is 7.90. The molecule has 2 aliphatic heterocycles. The van der Waals surface area contributed by atoms with E-state index in [-0.39, 0.29) is 6.04 Å². The molecule has 0 saturated carbocycles.